The smallest absolute Gasteiger partial charge is 0.149 e. The molecule has 0 aliphatic carbocycles. The molecule has 0 atom stereocenters. The van der Waals surface area contributed by atoms with E-state index in [0.29, 0.717) is 16.0 Å². The molecular weight excluding hydrogens is 292 g/mol. The highest BCUT2D eigenvalue weighted by molar-refractivity contribution is 9.10. The van der Waals surface area contributed by atoms with E-state index in [4.69, 9.17) is 5.73 Å². The fraction of sp³-hybridized carbons (Fsp3) is 0. The standard InChI is InChI=1S/C11H8BrF2N3/c12-7-4-6(15)5-16-11(7)17-10-8(13)2-1-3-9(10)14/h1-5H,15H2,(H,16,17). The summed E-state index contributed by atoms with van der Waals surface area (Å²) in [6, 6.07) is 5.21. The van der Waals surface area contributed by atoms with E-state index >= 15 is 0 Å². The minimum absolute atomic E-state index is 0.245. The summed E-state index contributed by atoms with van der Waals surface area (Å²) in [7, 11) is 0. The molecule has 1 aromatic carbocycles. The first kappa shape index (κ1) is 11.8. The number of hydrogen-bond donors (Lipinski definition) is 2. The van der Waals surface area contributed by atoms with Crippen LogP contribution in [-0.2, 0) is 0 Å². The third-order valence-corrected chi connectivity index (χ3v) is 2.67. The molecule has 0 saturated heterocycles. The van der Waals surface area contributed by atoms with E-state index in [-0.39, 0.29) is 5.69 Å². The van der Waals surface area contributed by atoms with Crippen LogP contribution in [0.2, 0.25) is 0 Å². The minimum atomic E-state index is -0.685. The van der Waals surface area contributed by atoms with Gasteiger partial charge in [-0.2, -0.15) is 0 Å². The SMILES string of the molecule is Nc1cnc(Nc2c(F)cccc2F)c(Br)c1. The van der Waals surface area contributed by atoms with Gasteiger partial charge in [-0.1, -0.05) is 6.07 Å². The fourth-order valence-electron chi connectivity index (χ4n) is 1.28. The molecule has 0 unspecified atom stereocenters. The van der Waals surface area contributed by atoms with Gasteiger partial charge in [0.15, 0.2) is 0 Å². The van der Waals surface area contributed by atoms with Crippen LogP contribution < -0.4 is 11.1 Å². The highest BCUT2D eigenvalue weighted by Gasteiger charge is 2.10. The van der Waals surface area contributed by atoms with Crippen molar-refractivity contribution in [2.24, 2.45) is 0 Å². The lowest BCUT2D eigenvalue weighted by atomic mass is 10.3. The summed E-state index contributed by atoms with van der Waals surface area (Å²) in [6.45, 7) is 0. The Kier molecular flexibility index (Phi) is 3.23. The predicted octanol–water partition coefficient (Wildman–Crippen LogP) is 3.45. The highest BCUT2D eigenvalue weighted by Crippen LogP contribution is 2.27. The van der Waals surface area contributed by atoms with Crippen LogP contribution in [0.25, 0.3) is 0 Å². The Morgan fingerprint density at radius 2 is 1.88 bits per heavy atom. The molecule has 0 saturated carbocycles. The number of anilines is 3. The summed E-state index contributed by atoms with van der Waals surface area (Å²) in [5.41, 5.74) is 5.72. The van der Waals surface area contributed by atoms with E-state index in [0.717, 1.165) is 12.1 Å². The summed E-state index contributed by atoms with van der Waals surface area (Å²) in [4.78, 5) is 3.94. The maximum atomic E-state index is 13.4. The summed E-state index contributed by atoms with van der Waals surface area (Å²) in [6.07, 6.45) is 1.39. The number of aromatic nitrogens is 1. The molecule has 0 fully saturated rings. The van der Waals surface area contributed by atoms with Gasteiger partial charge in [0.2, 0.25) is 0 Å². The van der Waals surface area contributed by atoms with Crippen LogP contribution in [0.1, 0.15) is 0 Å². The Balaban J connectivity index is 2.38. The number of hydrogen-bond acceptors (Lipinski definition) is 3. The first-order chi connectivity index (χ1) is 8.08. The Labute approximate surface area is 105 Å². The number of pyridine rings is 1. The first-order valence-electron chi connectivity index (χ1n) is 4.70. The van der Waals surface area contributed by atoms with Crippen molar-refractivity contribution in [2.75, 3.05) is 11.1 Å². The summed E-state index contributed by atoms with van der Waals surface area (Å²) in [5, 5.41) is 2.57. The molecule has 0 aliphatic heterocycles. The van der Waals surface area contributed by atoms with Crippen molar-refractivity contribution in [3.05, 3.63) is 46.6 Å². The van der Waals surface area contributed by atoms with Crippen molar-refractivity contribution in [3.63, 3.8) is 0 Å². The zero-order valence-electron chi connectivity index (χ0n) is 8.55. The molecule has 0 amide bonds. The van der Waals surface area contributed by atoms with Crippen LogP contribution in [0.5, 0.6) is 0 Å². The monoisotopic (exact) mass is 299 g/mol. The maximum Gasteiger partial charge on any atom is 0.149 e. The van der Waals surface area contributed by atoms with Gasteiger partial charge in [0.05, 0.1) is 16.4 Å². The van der Waals surface area contributed by atoms with Crippen LogP contribution in [-0.4, -0.2) is 4.98 Å². The molecule has 3 nitrogen and oxygen atoms in total. The van der Waals surface area contributed by atoms with Gasteiger partial charge in [0.1, 0.15) is 23.1 Å². The molecule has 88 valence electrons. The van der Waals surface area contributed by atoms with Crippen LogP contribution in [0.15, 0.2) is 34.9 Å². The van der Waals surface area contributed by atoms with Crippen molar-refractivity contribution in [3.8, 4) is 0 Å². The predicted molar refractivity (Wildman–Crippen MR) is 66.0 cm³/mol. The Hall–Kier alpha value is -1.69. The fourth-order valence-corrected chi connectivity index (χ4v) is 1.75. The van der Waals surface area contributed by atoms with Crippen LogP contribution in [0.3, 0.4) is 0 Å². The largest absolute Gasteiger partial charge is 0.397 e. The number of benzene rings is 1. The molecular formula is C11H8BrF2N3. The molecule has 1 aromatic heterocycles. The number of halogens is 3. The summed E-state index contributed by atoms with van der Waals surface area (Å²) in [5.74, 6) is -1.07. The topological polar surface area (TPSA) is 50.9 Å². The lowest BCUT2D eigenvalue weighted by Gasteiger charge is -2.09. The molecule has 6 heteroatoms. The molecule has 0 spiro atoms. The lowest BCUT2D eigenvalue weighted by molar-refractivity contribution is 0.590. The van der Waals surface area contributed by atoms with Crippen molar-refractivity contribution in [2.45, 2.75) is 0 Å². The van der Waals surface area contributed by atoms with Gasteiger partial charge in [-0.3, -0.25) is 0 Å². The second kappa shape index (κ2) is 4.67. The van der Waals surface area contributed by atoms with Crippen molar-refractivity contribution in [1.29, 1.82) is 0 Å². The van der Waals surface area contributed by atoms with Gasteiger partial charge >= 0.3 is 0 Å². The Bertz CT molecular complexity index is 540. The number of nitrogens with one attached hydrogen (secondary N) is 1. The number of nitrogens with zero attached hydrogens (tertiary/aromatic N) is 1. The second-order valence-electron chi connectivity index (χ2n) is 3.32. The lowest BCUT2D eigenvalue weighted by Crippen LogP contribution is -2.00. The van der Waals surface area contributed by atoms with E-state index in [2.05, 4.69) is 26.2 Å². The Morgan fingerprint density at radius 1 is 1.24 bits per heavy atom. The number of rotatable bonds is 2. The van der Waals surface area contributed by atoms with E-state index < -0.39 is 11.6 Å². The average Bonchev–Trinajstić information content (AvgIpc) is 2.26. The van der Waals surface area contributed by atoms with Gasteiger partial charge in [-0.05, 0) is 34.1 Å². The number of nitrogens with two attached hydrogens (primary N) is 1. The third-order valence-electron chi connectivity index (χ3n) is 2.07. The first-order valence-corrected chi connectivity index (χ1v) is 5.49. The van der Waals surface area contributed by atoms with Crippen LogP contribution in [0, 0.1) is 11.6 Å². The van der Waals surface area contributed by atoms with Gasteiger partial charge in [0.25, 0.3) is 0 Å². The van der Waals surface area contributed by atoms with E-state index in [1.54, 1.807) is 6.07 Å². The molecule has 3 N–H and O–H groups in total. The number of para-hydroxylation sites is 1. The molecule has 0 bridgehead atoms. The maximum absolute atomic E-state index is 13.4. The van der Waals surface area contributed by atoms with Crippen molar-refractivity contribution in [1.82, 2.24) is 4.98 Å². The van der Waals surface area contributed by atoms with Crippen LogP contribution >= 0.6 is 15.9 Å². The molecule has 0 aliphatic rings. The summed E-state index contributed by atoms with van der Waals surface area (Å²) < 4.78 is 27.3. The van der Waals surface area contributed by atoms with Crippen molar-refractivity contribution >= 4 is 33.1 Å². The molecule has 2 rings (SSSR count). The number of nitrogen functional groups attached to an aromatic ring is 1. The minimum Gasteiger partial charge on any atom is -0.397 e. The van der Waals surface area contributed by atoms with Crippen LogP contribution in [0.4, 0.5) is 26.0 Å². The van der Waals surface area contributed by atoms with E-state index in [1.165, 1.54) is 12.3 Å². The third kappa shape index (κ3) is 2.52. The quantitative estimate of drug-likeness (QED) is 0.893. The molecule has 1 heterocycles. The van der Waals surface area contributed by atoms with Gasteiger partial charge in [0, 0.05) is 0 Å². The second-order valence-corrected chi connectivity index (χ2v) is 4.18. The normalized spacial score (nSPS) is 10.3. The zero-order chi connectivity index (χ0) is 12.4. The molecule has 2 aromatic rings. The summed E-state index contributed by atoms with van der Waals surface area (Å²) >= 11 is 3.20. The Morgan fingerprint density at radius 3 is 2.47 bits per heavy atom. The average molecular weight is 300 g/mol. The van der Waals surface area contributed by atoms with E-state index in [1.807, 2.05) is 0 Å². The zero-order valence-corrected chi connectivity index (χ0v) is 10.1. The van der Waals surface area contributed by atoms with Gasteiger partial charge < -0.3 is 11.1 Å². The van der Waals surface area contributed by atoms with E-state index in [9.17, 15) is 8.78 Å². The van der Waals surface area contributed by atoms with Gasteiger partial charge in [-0.15, -0.1) is 0 Å². The molecule has 17 heavy (non-hydrogen) atoms. The van der Waals surface area contributed by atoms with Gasteiger partial charge in [-0.25, -0.2) is 13.8 Å². The highest BCUT2D eigenvalue weighted by atomic mass is 79.9. The van der Waals surface area contributed by atoms with Crippen molar-refractivity contribution < 1.29 is 8.78 Å². The molecule has 0 radical (unpaired) electrons.